The third kappa shape index (κ3) is 4.13. The second-order valence-corrected chi connectivity index (χ2v) is 7.21. The van der Waals surface area contributed by atoms with Gasteiger partial charge in [-0.05, 0) is 67.1 Å². The number of likely N-dealkylation sites (tertiary alicyclic amines) is 1. The fraction of sp³-hybridized carbons (Fsp3) is 0.364. The highest BCUT2D eigenvalue weighted by atomic mass is 16.3. The van der Waals surface area contributed by atoms with Crippen molar-refractivity contribution in [2.45, 2.75) is 39.7 Å². The van der Waals surface area contributed by atoms with Gasteiger partial charge >= 0.3 is 0 Å². The molecule has 1 aliphatic heterocycles. The second-order valence-electron chi connectivity index (χ2n) is 7.21. The van der Waals surface area contributed by atoms with Gasteiger partial charge in [-0.15, -0.1) is 0 Å². The zero-order chi connectivity index (χ0) is 19.6. The number of hydrogen-bond donors (Lipinski definition) is 2. The highest BCUT2D eigenvalue weighted by molar-refractivity contribution is 5.95. The predicted octanol–water partition coefficient (Wildman–Crippen LogP) is 3.42. The van der Waals surface area contributed by atoms with Crippen LogP contribution in [0.2, 0.25) is 0 Å². The standard InChI is InChI=1S/C22H26N2O3/c1-14-15(2)21(26)9-8-20(14)17-4-6-18(7-5-17)22(27)23-19-10-12-24(13-11-19)16(3)25/h4-9,19,26H,10-13H2,1-3H3,(H,23,27). The maximum Gasteiger partial charge on any atom is 0.251 e. The minimum absolute atomic E-state index is 0.0820. The van der Waals surface area contributed by atoms with E-state index in [0.29, 0.717) is 24.4 Å². The van der Waals surface area contributed by atoms with E-state index < -0.39 is 0 Å². The molecule has 2 N–H and O–H groups in total. The van der Waals surface area contributed by atoms with Crippen molar-refractivity contribution in [2.24, 2.45) is 0 Å². The lowest BCUT2D eigenvalue weighted by Gasteiger charge is -2.31. The average molecular weight is 366 g/mol. The maximum atomic E-state index is 12.5. The van der Waals surface area contributed by atoms with Crippen LogP contribution in [-0.2, 0) is 4.79 Å². The molecule has 0 aromatic heterocycles. The van der Waals surface area contributed by atoms with Gasteiger partial charge in [0.05, 0.1) is 0 Å². The van der Waals surface area contributed by atoms with Crippen molar-refractivity contribution in [1.82, 2.24) is 10.2 Å². The van der Waals surface area contributed by atoms with E-state index >= 15 is 0 Å². The van der Waals surface area contributed by atoms with Crippen LogP contribution in [0.1, 0.15) is 41.3 Å². The lowest BCUT2D eigenvalue weighted by atomic mass is 9.95. The molecular weight excluding hydrogens is 340 g/mol. The second kappa shape index (κ2) is 7.82. The molecule has 0 saturated carbocycles. The Morgan fingerprint density at radius 2 is 1.63 bits per heavy atom. The lowest BCUT2D eigenvalue weighted by molar-refractivity contribution is -0.129. The molecule has 0 bridgehead atoms. The van der Waals surface area contributed by atoms with E-state index in [2.05, 4.69) is 5.32 Å². The Balaban J connectivity index is 1.66. The molecule has 2 aromatic rings. The molecular formula is C22H26N2O3. The van der Waals surface area contributed by atoms with Crippen molar-refractivity contribution in [3.63, 3.8) is 0 Å². The van der Waals surface area contributed by atoms with E-state index in [4.69, 9.17) is 0 Å². The van der Waals surface area contributed by atoms with E-state index in [1.54, 1.807) is 13.0 Å². The number of aromatic hydroxyl groups is 1. The van der Waals surface area contributed by atoms with Gasteiger partial charge in [-0.3, -0.25) is 9.59 Å². The van der Waals surface area contributed by atoms with E-state index in [-0.39, 0.29) is 17.9 Å². The predicted molar refractivity (Wildman–Crippen MR) is 106 cm³/mol. The first-order valence-electron chi connectivity index (χ1n) is 9.33. The lowest BCUT2D eigenvalue weighted by Crippen LogP contribution is -2.45. The van der Waals surface area contributed by atoms with Gasteiger partial charge in [0.25, 0.3) is 5.91 Å². The first-order valence-corrected chi connectivity index (χ1v) is 9.33. The number of amides is 2. The molecule has 2 amide bonds. The van der Waals surface area contributed by atoms with Gasteiger partial charge in [-0.1, -0.05) is 18.2 Å². The summed E-state index contributed by atoms with van der Waals surface area (Å²) < 4.78 is 0. The van der Waals surface area contributed by atoms with Gasteiger partial charge in [-0.2, -0.15) is 0 Å². The molecule has 1 saturated heterocycles. The monoisotopic (exact) mass is 366 g/mol. The van der Waals surface area contributed by atoms with E-state index in [0.717, 1.165) is 35.1 Å². The number of piperidine rings is 1. The Bertz CT molecular complexity index is 851. The summed E-state index contributed by atoms with van der Waals surface area (Å²) >= 11 is 0. The van der Waals surface area contributed by atoms with Crippen LogP contribution in [-0.4, -0.2) is 41.0 Å². The Kier molecular flexibility index (Phi) is 5.49. The molecule has 27 heavy (non-hydrogen) atoms. The van der Waals surface area contributed by atoms with Crippen LogP contribution in [0, 0.1) is 13.8 Å². The molecule has 3 rings (SSSR count). The summed E-state index contributed by atoms with van der Waals surface area (Å²) in [5.74, 6) is 0.305. The number of nitrogens with zero attached hydrogens (tertiary/aromatic N) is 1. The molecule has 142 valence electrons. The van der Waals surface area contributed by atoms with Crippen molar-refractivity contribution in [1.29, 1.82) is 0 Å². The molecule has 1 fully saturated rings. The fourth-order valence-electron chi connectivity index (χ4n) is 3.53. The van der Waals surface area contributed by atoms with Gasteiger partial charge < -0.3 is 15.3 Å². The normalized spacial score (nSPS) is 14.9. The zero-order valence-electron chi connectivity index (χ0n) is 16.1. The average Bonchev–Trinajstić information content (AvgIpc) is 2.67. The first-order chi connectivity index (χ1) is 12.9. The summed E-state index contributed by atoms with van der Waals surface area (Å²) in [4.78, 5) is 25.7. The fourth-order valence-corrected chi connectivity index (χ4v) is 3.53. The van der Waals surface area contributed by atoms with E-state index in [9.17, 15) is 14.7 Å². The Morgan fingerprint density at radius 1 is 1.00 bits per heavy atom. The van der Waals surface area contributed by atoms with Crippen LogP contribution >= 0.6 is 0 Å². The van der Waals surface area contributed by atoms with Crippen molar-refractivity contribution < 1.29 is 14.7 Å². The molecule has 1 aliphatic rings. The van der Waals surface area contributed by atoms with Crippen molar-refractivity contribution >= 4 is 11.8 Å². The number of hydrogen-bond acceptors (Lipinski definition) is 3. The van der Waals surface area contributed by atoms with Gasteiger partial charge in [0.1, 0.15) is 5.75 Å². The molecule has 5 heteroatoms. The number of carbonyl (C=O) groups excluding carboxylic acids is 2. The van der Waals surface area contributed by atoms with Crippen molar-refractivity contribution in [3.05, 3.63) is 53.1 Å². The first kappa shape index (κ1) is 19.0. The largest absolute Gasteiger partial charge is 0.508 e. The molecule has 0 atom stereocenters. The Morgan fingerprint density at radius 3 is 2.22 bits per heavy atom. The zero-order valence-corrected chi connectivity index (χ0v) is 16.1. The van der Waals surface area contributed by atoms with Crippen LogP contribution < -0.4 is 5.32 Å². The van der Waals surface area contributed by atoms with Gasteiger partial charge in [-0.25, -0.2) is 0 Å². The number of nitrogens with one attached hydrogen (secondary N) is 1. The van der Waals surface area contributed by atoms with Gasteiger partial charge in [0.2, 0.25) is 5.91 Å². The molecule has 5 nitrogen and oxygen atoms in total. The molecule has 0 unspecified atom stereocenters. The summed E-state index contributed by atoms with van der Waals surface area (Å²) in [6.07, 6.45) is 1.57. The molecule has 2 aromatic carbocycles. The highest BCUT2D eigenvalue weighted by Crippen LogP contribution is 2.30. The van der Waals surface area contributed by atoms with Crippen LogP contribution in [0.4, 0.5) is 0 Å². The SMILES string of the molecule is CC(=O)N1CCC(NC(=O)c2ccc(-c3ccc(O)c(C)c3C)cc2)CC1. The number of rotatable bonds is 3. The van der Waals surface area contributed by atoms with Crippen LogP contribution in [0.5, 0.6) is 5.75 Å². The number of carbonyl (C=O) groups is 2. The van der Waals surface area contributed by atoms with Crippen molar-refractivity contribution in [3.8, 4) is 16.9 Å². The third-order valence-electron chi connectivity index (χ3n) is 5.49. The van der Waals surface area contributed by atoms with E-state index in [1.165, 1.54) is 0 Å². The summed E-state index contributed by atoms with van der Waals surface area (Å²) in [7, 11) is 0. The third-order valence-corrected chi connectivity index (χ3v) is 5.49. The Labute approximate surface area is 160 Å². The van der Waals surface area contributed by atoms with Crippen LogP contribution in [0.25, 0.3) is 11.1 Å². The molecule has 0 spiro atoms. The summed E-state index contributed by atoms with van der Waals surface area (Å²) in [6, 6.07) is 11.2. The van der Waals surface area contributed by atoms with Gasteiger partial charge in [0.15, 0.2) is 0 Å². The smallest absolute Gasteiger partial charge is 0.251 e. The molecule has 0 radical (unpaired) electrons. The van der Waals surface area contributed by atoms with Crippen LogP contribution in [0.15, 0.2) is 36.4 Å². The summed E-state index contributed by atoms with van der Waals surface area (Å²) in [5.41, 5.74) is 4.59. The minimum Gasteiger partial charge on any atom is -0.508 e. The van der Waals surface area contributed by atoms with Gasteiger partial charge in [0, 0.05) is 31.6 Å². The number of benzene rings is 2. The quantitative estimate of drug-likeness (QED) is 0.874. The van der Waals surface area contributed by atoms with Crippen molar-refractivity contribution in [2.75, 3.05) is 13.1 Å². The topological polar surface area (TPSA) is 69.6 Å². The number of phenols is 1. The maximum absolute atomic E-state index is 12.5. The van der Waals surface area contributed by atoms with E-state index in [1.807, 2.05) is 49.1 Å². The minimum atomic E-state index is -0.0820. The summed E-state index contributed by atoms with van der Waals surface area (Å²) in [5, 5.41) is 12.9. The Hall–Kier alpha value is -2.82. The molecule has 1 heterocycles. The summed E-state index contributed by atoms with van der Waals surface area (Å²) in [6.45, 7) is 6.85. The highest BCUT2D eigenvalue weighted by Gasteiger charge is 2.22. The molecule has 0 aliphatic carbocycles. The van der Waals surface area contributed by atoms with Crippen LogP contribution in [0.3, 0.4) is 0 Å². The number of phenolic OH excluding ortho intramolecular Hbond substituents is 1.